The Kier molecular flexibility index (Phi) is 9.55. The Bertz CT molecular complexity index is 1780. The molecule has 1 saturated carbocycles. The minimum Gasteiger partial charge on any atom is -0.492 e. The molecule has 2 aliphatic rings. The molecule has 2 aromatic carbocycles. The third-order valence-corrected chi connectivity index (χ3v) is 10.0. The fourth-order valence-electron chi connectivity index (χ4n) is 6.86. The Labute approximate surface area is 278 Å². The summed E-state index contributed by atoms with van der Waals surface area (Å²) in [5.74, 6) is -0.131. The van der Waals surface area contributed by atoms with Crippen molar-refractivity contribution in [2.45, 2.75) is 51.6 Å². The summed E-state index contributed by atoms with van der Waals surface area (Å²) < 4.78 is 34.2. The molecule has 3 amide bonds. The number of carbonyl (C=O) groups excluding carboxylic acids is 2. The van der Waals surface area contributed by atoms with Gasteiger partial charge in [0.15, 0.2) is 5.75 Å². The van der Waals surface area contributed by atoms with E-state index in [4.69, 9.17) is 4.74 Å². The van der Waals surface area contributed by atoms with Gasteiger partial charge in [0.2, 0.25) is 10.0 Å². The lowest BCUT2D eigenvalue weighted by molar-refractivity contribution is 0.101. The molecule has 4 N–H and O–H groups in total. The van der Waals surface area contributed by atoms with E-state index in [1.165, 1.54) is 13.5 Å². The molecule has 2 heterocycles. The molecule has 3 aromatic rings. The van der Waals surface area contributed by atoms with Crippen molar-refractivity contribution in [3.63, 3.8) is 0 Å². The number of aryl methyl sites for hydroxylation is 1. The molecule has 2 unspecified atom stereocenters. The molecule has 1 aliphatic heterocycles. The van der Waals surface area contributed by atoms with Crippen molar-refractivity contribution in [1.82, 2.24) is 25.0 Å². The fraction of sp³-hybridized carbons (Fsp3) is 0.529. The predicted octanol–water partition coefficient (Wildman–Crippen LogP) is 3.93. The number of benzene rings is 2. The largest absolute Gasteiger partial charge is 0.492 e. The van der Waals surface area contributed by atoms with E-state index in [1.807, 2.05) is 67.6 Å². The maximum Gasteiger partial charge on any atom is 0.317 e. The van der Waals surface area contributed by atoms with E-state index >= 15 is 0 Å². The first-order valence-corrected chi connectivity index (χ1v) is 17.9. The molecule has 1 spiro atoms. The normalized spacial score (nSPS) is 19.4. The number of amides is 3. The zero-order chi connectivity index (χ0) is 34.3. The molecule has 0 radical (unpaired) electrons. The zero-order valence-corrected chi connectivity index (χ0v) is 29.6. The molecule has 13 heteroatoms. The number of urea groups is 1. The van der Waals surface area contributed by atoms with Crippen molar-refractivity contribution < 1.29 is 22.7 Å². The molecule has 5 rings (SSSR count). The van der Waals surface area contributed by atoms with E-state index in [9.17, 15) is 18.0 Å². The van der Waals surface area contributed by atoms with Gasteiger partial charge < -0.3 is 35.1 Å². The van der Waals surface area contributed by atoms with Crippen LogP contribution in [0, 0.1) is 5.41 Å². The van der Waals surface area contributed by atoms with Crippen LogP contribution in [0.25, 0.3) is 10.9 Å². The number of nitrogens with zero attached hydrogens (tertiary/aromatic N) is 3. The quantitative estimate of drug-likeness (QED) is 0.228. The van der Waals surface area contributed by atoms with E-state index in [-0.39, 0.29) is 34.2 Å². The second-order valence-corrected chi connectivity index (χ2v) is 16.0. The first kappa shape index (κ1) is 34.5. The van der Waals surface area contributed by atoms with Crippen molar-refractivity contribution in [3.05, 3.63) is 53.2 Å². The third kappa shape index (κ3) is 7.52. The van der Waals surface area contributed by atoms with Crippen LogP contribution in [0.4, 0.5) is 16.2 Å². The Hall–Kier alpha value is -3.81. The van der Waals surface area contributed by atoms with Gasteiger partial charge in [-0.1, -0.05) is 39.0 Å². The molecule has 12 nitrogen and oxygen atoms in total. The minimum absolute atomic E-state index is 0.00263. The van der Waals surface area contributed by atoms with Gasteiger partial charge >= 0.3 is 6.03 Å². The van der Waals surface area contributed by atoms with Crippen LogP contribution in [0.1, 0.15) is 55.2 Å². The summed E-state index contributed by atoms with van der Waals surface area (Å²) >= 11 is 0. The Balaban J connectivity index is 1.24. The van der Waals surface area contributed by atoms with E-state index in [0.29, 0.717) is 37.1 Å². The number of hydrogen-bond acceptors (Lipinski definition) is 7. The second kappa shape index (κ2) is 13.0. The molecule has 1 aromatic heterocycles. The molecule has 47 heavy (non-hydrogen) atoms. The highest BCUT2D eigenvalue weighted by Gasteiger charge is 2.59. The average molecular weight is 668 g/mol. The van der Waals surface area contributed by atoms with Gasteiger partial charge in [0.25, 0.3) is 5.91 Å². The highest BCUT2D eigenvalue weighted by Crippen LogP contribution is 2.55. The van der Waals surface area contributed by atoms with E-state index < -0.39 is 10.0 Å². The number of anilines is 2. The van der Waals surface area contributed by atoms with Crippen LogP contribution in [0.5, 0.6) is 5.75 Å². The number of fused-ring (bicyclic) bond motifs is 1. The Morgan fingerprint density at radius 2 is 1.83 bits per heavy atom. The zero-order valence-electron chi connectivity index (χ0n) is 28.8. The monoisotopic (exact) mass is 667 g/mol. The minimum atomic E-state index is -3.60. The molecule has 2 atom stereocenters. The van der Waals surface area contributed by atoms with E-state index in [2.05, 4.69) is 39.7 Å². The molecule has 256 valence electrons. The number of hydrogen-bond donors (Lipinski definition) is 4. The lowest BCUT2D eigenvalue weighted by atomic mass is 9.86. The molecular formula is C34H49N7O5S. The number of methoxy groups -OCH3 is 1. The van der Waals surface area contributed by atoms with Gasteiger partial charge in [-0.05, 0) is 61.7 Å². The lowest BCUT2D eigenvalue weighted by Crippen LogP contribution is -2.41. The van der Waals surface area contributed by atoms with Crippen molar-refractivity contribution in [3.8, 4) is 5.75 Å². The van der Waals surface area contributed by atoms with Crippen LogP contribution in [-0.2, 0) is 29.0 Å². The highest BCUT2D eigenvalue weighted by molar-refractivity contribution is 7.92. The summed E-state index contributed by atoms with van der Waals surface area (Å²) in [6, 6.07) is 11.9. The number of para-hydroxylation sites is 1. The van der Waals surface area contributed by atoms with Crippen LogP contribution in [0.3, 0.4) is 0 Å². The smallest absolute Gasteiger partial charge is 0.317 e. The summed E-state index contributed by atoms with van der Waals surface area (Å²) in [7, 11) is 3.91. The maximum atomic E-state index is 13.7. The average Bonchev–Trinajstić information content (AvgIpc) is 3.34. The summed E-state index contributed by atoms with van der Waals surface area (Å²) in [6.07, 6.45) is 3.31. The first-order chi connectivity index (χ1) is 22.0. The van der Waals surface area contributed by atoms with E-state index in [1.54, 1.807) is 6.07 Å². The number of carbonyl (C=O) groups is 2. The number of rotatable bonds is 11. The van der Waals surface area contributed by atoms with Gasteiger partial charge in [0.05, 0.1) is 30.3 Å². The van der Waals surface area contributed by atoms with Gasteiger partial charge in [-0.3, -0.25) is 9.52 Å². The number of ether oxygens (including phenoxy) is 1. The standard InChI is InChI=1S/C34H49N7O5S/c1-33(2,3)24-17-25(30(46-7)26(18-24)38-47(8,44)45)37-31(42)27-16-22-10-9-11-23(29(22)40(27)6)20-35-13-14-36-32(43)41-15-12-34(21-41)19-28(34)39(4)5/h9-11,16-18,28,35,38H,12-15,19-21H2,1-8H3,(H,36,43)(H,37,42). The van der Waals surface area contributed by atoms with Crippen LogP contribution < -0.4 is 25.4 Å². The van der Waals surface area contributed by atoms with Crippen LogP contribution in [0.2, 0.25) is 0 Å². The predicted molar refractivity (Wildman–Crippen MR) is 187 cm³/mol. The first-order valence-electron chi connectivity index (χ1n) is 16.0. The van der Waals surface area contributed by atoms with Crippen molar-refractivity contribution in [2.24, 2.45) is 12.5 Å². The number of likely N-dealkylation sites (tertiary alicyclic amines) is 1. The van der Waals surface area contributed by atoms with Crippen LogP contribution in [0.15, 0.2) is 36.4 Å². The van der Waals surface area contributed by atoms with Crippen LogP contribution >= 0.6 is 0 Å². The van der Waals surface area contributed by atoms with E-state index in [0.717, 1.165) is 47.8 Å². The molecule has 1 aliphatic carbocycles. The van der Waals surface area contributed by atoms with Gasteiger partial charge in [-0.15, -0.1) is 0 Å². The molecule has 1 saturated heterocycles. The second-order valence-electron chi connectivity index (χ2n) is 14.3. The number of sulfonamides is 1. The van der Waals surface area contributed by atoms with Crippen molar-refractivity contribution >= 4 is 44.2 Å². The maximum absolute atomic E-state index is 13.7. The van der Waals surface area contributed by atoms with Crippen molar-refractivity contribution in [1.29, 1.82) is 0 Å². The molecule has 0 bridgehead atoms. The van der Waals surface area contributed by atoms with Gasteiger partial charge in [0, 0.05) is 56.6 Å². The van der Waals surface area contributed by atoms with Gasteiger partial charge in [0.1, 0.15) is 5.69 Å². The Morgan fingerprint density at radius 3 is 2.47 bits per heavy atom. The van der Waals surface area contributed by atoms with Crippen molar-refractivity contribution in [2.75, 3.05) is 63.7 Å². The van der Waals surface area contributed by atoms with Gasteiger partial charge in [-0.25, -0.2) is 13.2 Å². The fourth-order valence-corrected chi connectivity index (χ4v) is 7.41. The SMILES string of the molecule is COc1c(NC(=O)c2cc3cccc(CNCCNC(=O)N4CCC5(CC5N(C)C)C4)c3n2C)cc(C(C)(C)C)cc1NS(C)(=O)=O. The summed E-state index contributed by atoms with van der Waals surface area (Å²) in [5.41, 5.74) is 3.78. The van der Waals surface area contributed by atoms with Crippen LogP contribution in [-0.4, -0.2) is 94.4 Å². The summed E-state index contributed by atoms with van der Waals surface area (Å²) in [5, 5.41) is 10.4. The topological polar surface area (TPSA) is 137 Å². The van der Waals surface area contributed by atoms with Gasteiger partial charge in [-0.2, -0.15) is 0 Å². The number of nitrogens with one attached hydrogen (secondary N) is 4. The lowest BCUT2D eigenvalue weighted by Gasteiger charge is -2.24. The highest BCUT2D eigenvalue weighted by atomic mass is 32.2. The summed E-state index contributed by atoms with van der Waals surface area (Å²) in [6.45, 7) is 9.34. The molecular weight excluding hydrogens is 618 g/mol. The third-order valence-electron chi connectivity index (χ3n) is 9.41. The Morgan fingerprint density at radius 1 is 1.11 bits per heavy atom. The molecule has 2 fully saturated rings. The number of aromatic nitrogens is 1. The summed E-state index contributed by atoms with van der Waals surface area (Å²) in [4.78, 5) is 30.7.